The normalized spacial score (nSPS) is 15.8. The highest BCUT2D eigenvalue weighted by Crippen LogP contribution is 2.21. The molecule has 1 aromatic carbocycles. The van der Waals surface area contributed by atoms with E-state index in [0.29, 0.717) is 31.2 Å². The van der Waals surface area contributed by atoms with Gasteiger partial charge in [-0.15, -0.1) is 0 Å². The molecule has 8 nitrogen and oxygen atoms in total. The van der Waals surface area contributed by atoms with Crippen molar-refractivity contribution in [2.45, 2.75) is 69.7 Å². The number of carbonyl (C=O) groups excluding carboxylic acids is 1. The molecule has 9 heteroatoms. The van der Waals surface area contributed by atoms with E-state index in [2.05, 4.69) is 15.5 Å². The Bertz CT molecular complexity index is 973. The molecule has 0 aliphatic carbocycles. The number of nitrogens with zero attached hydrogens (tertiary/aromatic N) is 3. The lowest BCUT2D eigenvalue weighted by Gasteiger charge is -2.26. The number of aryl methyl sites for hydroxylation is 1. The van der Waals surface area contributed by atoms with Crippen LogP contribution in [0, 0.1) is 0 Å². The molecular weight excluding hydrogens is 404 g/mol. The lowest BCUT2D eigenvalue weighted by atomic mass is 9.96. The van der Waals surface area contributed by atoms with Crippen LogP contribution in [0.2, 0.25) is 0 Å². The molecule has 1 fully saturated rings. The molecule has 2 aromatic rings. The van der Waals surface area contributed by atoms with E-state index in [1.807, 2.05) is 26.8 Å². The third kappa shape index (κ3) is 5.66. The van der Waals surface area contributed by atoms with E-state index in [-0.39, 0.29) is 29.2 Å². The van der Waals surface area contributed by atoms with Gasteiger partial charge in [0.15, 0.2) is 5.82 Å². The van der Waals surface area contributed by atoms with Crippen LogP contribution in [-0.4, -0.2) is 41.9 Å². The molecule has 2 heterocycles. The van der Waals surface area contributed by atoms with Crippen molar-refractivity contribution in [1.82, 2.24) is 19.8 Å². The van der Waals surface area contributed by atoms with Crippen LogP contribution in [0.4, 0.5) is 0 Å². The summed E-state index contributed by atoms with van der Waals surface area (Å²) in [4.78, 5) is 16.8. The molecular formula is C21H30N4O4S. The number of hydrogen-bond acceptors (Lipinski definition) is 6. The summed E-state index contributed by atoms with van der Waals surface area (Å²) < 4.78 is 32.4. The molecule has 0 unspecified atom stereocenters. The van der Waals surface area contributed by atoms with Crippen LogP contribution in [0.1, 0.15) is 63.7 Å². The molecule has 30 heavy (non-hydrogen) atoms. The van der Waals surface area contributed by atoms with Gasteiger partial charge in [0.25, 0.3) is 0 Å². The topological polar surface area (TPSA) is 105 Å². The number of sulfonamides is 1. The maximum atomic E-state index is 12.8. The number of nitrogens with one attached hydrogen (secondary N) is 1. The zero-order chi connectivity index (χ0) is 21.8. The second kappa shape index (κ2) is 9.26. The van der Waals surface area contributed by atoms with Crippen LogP contribution in [0.15, 0.2) is 33.7 Å². The second-order valence-corrected chi connectivity index (χ2v) is 10.6. The van der Waals surface area contributed by atoms with Crippen molar-refractivity contribution in [3.05, 3.63) is 41.5 Å². The number of piperidine rings is 1. The minimum atomic E-state index is -3.49. The van der Waals surface area contributed by atoms with Gasteiger partial charge in [-0.25, -0.2) is 8.42 Å². The fraction of sp³-hybridized carbons (Fsp3) is 0.571. The van der Waals surface area contributed by atoms with Gasteiger partial charge in [-0.3, -0.25) is 4.79 Å². The molecule has 0 bridgehead atoms. The summed E-state index contributed by atoms with van der Waals surface area (Å²) in [6.07, 6.45) is 3.44. The minimum Gasteiger partial charge on any atom is -0.352 e. The first kappa shape index (κ1) is 22.4. The Balaban J connectivity index is 1.54. The minimum absolute atomic E-state index is 0.158. The SMILES string of the molecule is CC(C)(C)c1noc(CCC(=O)NCc2cccc(S(=O)(=O)N3CCCCC3)c2)n1. The summed E-state index contributed by atoms with van der Waals surface area (Å²) in [6, 6.07) is 6.77. The van der Waals surface area contributed by atoms with Crippen LogP contribution in [-0.2, 0) is 33.2 Å². The average molecular weight is 435 g/mol. The molecule has 1 saturated heterocycles. The van der Waals surface area contributed by atoms with Gasteiger partial charge in [0.1, 0.15) is 0 Å². The van der Waals surface area contributed by atoms with Crippen molar-refractivity contribution in [2.24, 2.45) is 0 Å². The number of aromatic nitrogens is 2. The monoisotopic (exact) mass is 434 g/mol. The third-order valence-electron chi connectivity index (χ3n) is 5.05. The van der Waals surface area contributed by atoms with E-state index in [1.54, 1.807) is 22.5 Å². The fourth-order valence-electron chi connectivity index (χ4n) is 3.24. The fourth-order valence-corrected chi connectivity index (χ4v) is 4.83. The summed E-state index contributed by atoms with van der Waals surface area (Å²) in [5, 5.41) is 6.78. The maximum Gasteiger partial charge on any atom is 0.243 e. The standard InChI is InChI=1S/C21H30N4O4S/c1-21(2,3)20-23-19(29-24-20)11-10-18(26)22-15-16-8-7-9-17(14-16)30(27,28)25-12-5-4-6-13-25/h7-9,14H,4-6,10-13,15H2,1-3H3,(H,22,26). The van der Waals surface area contributed by atoms with Gasteiger partial charge in [0.05, 0.1) is 4.90 Å². The molecule has 3 rings (SSSR count). The Morgan fingerprint density at radius 3 is 2.60 bits per heavy atom. The predicted octanol–water partition coefficient (Wildman–Crippen LogP) is 2.79. The third-order valence-corrected chi connectivity index (χ3v) is 6.94. The molecule has 164 valence electrons. The maximum absolute atomic E-state index is 12.8. The lowest BCUT2D eigenvalue weighted by Crippen LogP contribution is -2.35. The van der Waals surface area contributed by atoms with Crippen molar-refractivity contribution >= 4 is 15.9 Å². The van der Waals surface area contributed by atoms with Crippen LogP contribution < -0.4 is 5.32 Å². The lowest BCUT2D eigenvalue weighted by molar-refractivity contribution is -0.121. The van der Waals surface area contributed by atoms with Gasteiger partial charge < -0.3 is 9.84 Å². The Morgan fingerprint density at radius 1 is 1.20 bits per heavy atom. The Kier molecular flexibility index (Phi) is 6.92. The van der Waals surface area contributed by atoms with Crippen LogP contribution in [0.5, 0.6) is 0 Å². The van der Waals surface area contributed by atoms with Crippen molar-refractivity contribution < 1.29 is 17.7 Å². The van der Waals surface area contributed by atoms with Crippen molar-refractivity contribution in [2.75, 3.05) is 13.1 Å². The summed E-state index contributed by atoms with van der Waals surface area (Å²) >= 11 is 0. The molecule has 0 spiro atoms. The summed E-state index contributed by atoms with van der Waals surface area (Å²) in [7, 11) is -3.49. The molecule has 0 atom stereocenters. The zero-order valence-electron chi connectivity index (χ0n) is 17.8. The largest absolute Gasteiger partial charge is 0.352 e. The van der Waals surface area contributed by atoms with Crippen molar-refractivity contribution in [1.29, 1.82) is 0 Å². The highest BCUT2D eigenvalue weighted by molar-refractivity contribution is 7.89. The summed E-state index contributed by atoms with van der Waals surface area (Å²) in [5.74, 6) is 0.893. The average Bonchev–Trinajstić information content (AvgIpc) is 3.21. The Labute approximate surface area is 178 Å². The number of hydrogen-bond donors (Lipinski definition) is 1. The van der Waals surface area contributed by atoms with E-state index in [1.165, 1.54) is 0 Å². The first-order valence-electron chi connectivity index (χ1n) is 10.3. The van der Waals surface area contributed by atoms with E-state index >= 15 is 0 Å². The molecule has 1 aliphatic rings. The van der Waals surface area contributed by atoms with E-state index in [4.69, 9.17) is 4.52 Å². The quantitative estimate of drug-likeness (QED) is 0.718. The van der Waals surface area contributed by atoms with Crippen LogP contribution in [0.3, 0.4) is 0 Å². The van der Waals surface area contributed by atoms with Gasteiger partial charge in [0, 0.05) is 37.9 Å². The molecule has 1 aromatic heterocycles. The molecule has 1 N–H and O–H groups in total. The summed E-state index contributed by atoms with van der Waals surface area (Å²) in [6.45, 7) is 7.38. The van der Waals surface area contributed by atoms with Gasteiger partial charge in [-0.05, 0) is 30.5 Å². The van der Waals surface area contributed by atoms with E-state index in [9.17, 15) is 13.2 Å². The number of rotatable bonds is 7. The highest BCUT2D eigenvalue weighted by Gasteiger charge is 2.26. The molecule has 1 amide bonds. The van der Waals surface area contributed by atoms with E-state index in [0.717, 1.165) is 24.8 Å². The van der Waals surface area contributed by atoms with Gasteiger partial charge in [0.2, 0.25) is 21.8 Å². The summed E-state index contributed by atoms with van der Waals surface area (Å²) in [5.41, 5.74) is 0.540. The van der Waals surface area contributed by atoms with Crippen molar-refractivity contribution in [3.63, 3.8) is 0 Å². The Morgan fingerprint density at radius 2 is 1.93 bits per heavy atom. The predicted molar refractivity (Wildman–Crippen MR) is 112 cm³/mol. The number of amides is 1. The smallest absolute Gasteiger partial charge is 0.243 e. The van der Waals surface area contributed by atoms with Crippen molar-refractivity contribution in [3.8, 4) is 0 Å². The van der Waals surface area contributed by atoms with Gasteiger partial charge in [-0.2, -0.15) is 9.29 Å². The molecule has 1 aliphatic heterocycles. The highest BCUT2D eigenvalue weighted by atomic mass is 32.2. The first-order valence-corrected chi connectivity index (χ1v) is 11.8. The second-order valence-electron chi connectivity index (χ2n) is 8.65. The molecule has 0 saturated carbocycles. The van der Waals surface area contributed by atoms with Gasteiger partial charge >= 0.3 is 0 Å². The molecule has 0 radical (unpaired) electrons. The zero-order valence-corrected chi connectivity index (χ0v) is 18.7. The number of benzene rings is 1. The van der Waals surface area contributed by atoms with Crippen LogP contribution in [0.25, 0.3) is 0 Å². The number of carbonyl (C=O) groups is 1. The first-order chi connectivity index (χ1) is 14.2. The van der Waals surface area contributed by atoms with Crippen LogP contribution >= 0.6 is 0 Å². The Hall–Kier alpha value is -2.26. The van der Waals surface area contributed by atoms with Gasteiger partial charge in [-0.1, -0.05) is 44.5 Å². The van der Waals surface area contributed by atoms with E-state index < -0.39 is 10.0 Å².